The third-order valence-corrected chi connectivity index (χ3v) is 6.40. The number of benzene rings is 1. The van der Waals surface area contributed by atoms with Gasteiger partial charge in [-0.1, -0.05) is 17.3 Å². The molecule has 6 nitrogen and oxygen atoms in total. The van der Waals surface area contributed by atoms with E-state index < -0.39 is 5.79 Å². The first-order valence-corrected chi connectivity index (χ1v) is 10.3. The maximum absolute atomic E-state index is 13.1. The third-order valence-electron chi connectivity index (χ3n) is 5.30. The van der Waals surface area contributed by atoms with Crippen LogP contribution in [0.5, 0.6) is 0 Å². The summed E-state index contributed by atoms with van der Waals surface area (Å²) in [6, 6.07) is 7.80. The van der Waals surface area contributed by atoms with Gasteiger partial charge in [-0.2, -0.15) is 0 Å². The summed E-state index contributed by atoms with van der Waals surface area (Å²) >= 11 is 1.65. The highest BCUT2D eigenvalue weighted by Crippen LogP contribution is 2.33. The van der Waals surface area contributed by atoms with Gasteiger partial charge >= 0.3 is 0 Å². The van der Waals surface area contributed by atoms with E-state index in [1.54, 1.807) is 11.8 Å². The van der Waals surface area contributed by atoms with E-state index in [1.165, 1.54) is 0 Å². The Morgan fingerprint density at radius 1 is 1.19 bits per heavy atom. The third kappa shape index (κ3) is 3.77. The Labute approximate surface area is 163 Å². The van der Waals surface area contributed by atoms with Crippen LogP contribution in [0.4, 0.5) is 0 Å². The number of thioether (sulfide) groups is 1. The largest absolute Gasteiger partial charge is 0.361 e. The summed E-state index contributed by atoms with van der Waals surface area (Å²) in [5.74, 6) is 1.18. The fourth-order valence-corrected chi connectivity index (χ4v) is 4.83. The van der Waals surface area contributed by atoms with Gasteiger partial charge in [0.1, 0.15) is 5.76 Å². The zero-order chi connectivity index (χ0) is 18.9. The molecule has 0 unspecified atom stereocenters. The molecule has 27 heavy (non-hydrogen) atoms. The molecule has 0 saturated carbocycles. The van der Waals surface area contributed by atoms with Crippen molar-refractivity contribution in [2.75, 3.05) is 26.3 Å². The van der Waals surface area contributed by atoms with Crippen molar-refractivity contribution in [1.29, 1.82) is 0 Å². The Morgan fingerprint density at radius 2 is 1.89 bits per heavy atom. The summed E-state index contributed by atoms with van der Waals surface area (Å²) in [7, 11) is 0. The van der Waals surface area contributed by atoms with Crippen LogP contribution in [0.3, 0.4) is 0 Å². The quantitative estimate of drug-likeness (QED) is 0.746. The number of amides is 1. The Morgan fingerprint density at radius 3 is 2.56 bits per heavy atom. The van der Waals surface area contributed by atoms with E-state index in [9.17, 15) is 4.79 Å². The van der Waals surface area contributed by atoms with E-state index in [-0.39, 0.29) is 5.91 Å². The Bertz CT molecular complexity index is 800. The lowest BCUT2D eigenvalue weighted by Gasteiger charge is -2.37. The summed E-state index contributed by atoms with van der Waals surface area (Å²) in [6.45, 7) is 6.47. The van der Waals surface area contributed by atoms with Crippen LogP contribution in [-0.2, 0) is 15.2 Å². The number of piperidine rings is 1. The van der Waals surface area contributed by atoms with Crippen molar-refractivity contribution in [3.63, 3.8) is 0 Å². The number of aromatic nitrogens is 1. The molecule has 3 heterocycles. The van der Waals surface area contributed by atoms with Crippen LogP contribution >= 0.6 is 11.8 Å². The lowest BCUT2D eigenvalue weighted by atomic mass is 10.0. The zero-order valence-electron chi connectivity index (χ0n) is 15.7. The van der Waals surface area contributed by atoms with Crippen molar-refractivity contribution in [1.82, 2.24) is 10.1 Å². The van der Waals surface area contributed by atoms with Crippen LogP contribution < -0.4 is 0 Å². The van der Waals surface area contributed by atoms with Crippen molar-refractivity contribution in [3.8, 4) is 0 Å². The first-order valence-electron chi connectivity index (χ1n) is 9.29. The molecule has 1 aromatic heterocycles. The number of carbonyl (C=O) groups excluding carboxylic acids is 1. The molecule has 2 aromatic rings. The highest BCUT2D eigenvalue weighted by Gasteiger charge is 2.41. The number of hydrogen-bond acceptors (Lipinski definition) is 6. The molecule has 1 amide bonds. The maximum Gasteiger partial charge on any atom is 0.254 e. The van der Waals surface area contributed by atoms with E-state index in [4.69, 9.17) is 14.0 Å². The molecule has 0 atom stereocenters. The van der Waals surface area contributed by atoms with Crippen LogP contribution in [-0.4, -0.2) is 48.1 Å². The number of ether oxygens (including phenoxy) is 2. The Balaban J connectivity index is 1.45. The number of carbonyl (C=O) groups is 1. The average Bonchev–Trinajstić information content (AvgIpc) is 3.27. The van der Waals surface area contributed by atoms with Gasteiger partial charge in [-0.15, -0.1) is 11.8 Å². The highest BCUT2D eigenvalue weighted by molar-refractivity contribution is 7.98. The topological polar surface area (TPSA) is 64.8 Å². The van der Waals surface area contributed by atoms with Crippen molar-refractivity contribution in [3.05, 3.63) is 46.8 Å². The van der Waals surface area contributed by atoms with E-state index >= 15 is 0 Å². The maximum atomic E-state index is 13.1. The molecule has 4 rings (SSSR count). The minimum atomic E-state index is -0.464. The Kier molecular flexibility index (Phi) is 5.25. The monoisotopic (exact) mass is 388 g/mol. The highest BCUT2D eigenvalue weighted by atomic mass is 32.2. The van der Waals surface area contributed by atoms with Crippen LogP contribution in [0.2, 0.25) is 0 Å². The smallest absolute Gasteiger partial charge is 0.254 e. The second kappa shape index (κ2) is 7.66. The van der Waals surface area contributed by atoms with Gasteiger partial charge in [0.2, 0.25) is 0 Å². The molecule has 2 aliphatic rings. The van der Waals surface area contributed by atoms with E-state index in [0.717, 1.165) is 46.1 Å². The number of nitrogens with zero attached hydrogens (tertiary/aromatic N) is 2. The molecule has 2 aliphatic heterocycles. The minimum Gasteiger partial charge on any atom is -0.361 e. The molecule has 0 radical (unpaired) electrons. The van der Waals surface area contributed by atoms with Crippen LogP contribution in [0.15, 0.2) is 33.7 Å². The van der Waals surface area contributed by atoms with Crippen molar-refractivity contribution >= 4 is 17.7 Å². The second-order valence-corrected chi connectivity index (χ2v) is 8.00. The SMILES string of the molecule is Cc1noc(C)c1CSc1ccccc1C(=O)N1CCC2(CC1)OCCO2. The normalized spacial score (nSPS) is 19.0. The first kappa shape index (κ1) is 18.5. The molecule has 2 saturated heterocycles. The standard InChI is InChI=1S/C20H24N2O4S/c1-14-17(15(2)26-21-14)13-27-18-6-4-3-5-16(18)19(23)22-9-7-20(8-10-22)24-11-12-25-20/h3-6H,7-13H2,1-2H3. The molecule has 2 fully saturated rings. The number of hydrogen-bond donors (Lipinski definition) is 0. The molecule has 1 aromatic carbocycles. The molecular weight excluding hydrogens is 364 g/mol. The summed E-state index contributed by atoms with van der Waals surface area (Å²) < 4.78 is 16.8. The van der Waals surface area contributed by atoms with E-state index in [1.807, 2.05) is 43.0 Å². The molecule has 144 valence electrons. The molecule has 0 bridgehead atoms. The predicted molar refractivity (Wildman–Crippen MR) is 102 cm³/mol. The second-order valence-electron chi connectivity index (χ2n) is 6.99. The fourth-order valence-electron chi connectivity index (χ4n) is 3.63. The molecule has 1 spiro atoms. The lowest BCUT2D eigenvalue weighted by Crippen LogP contribution is -2.47. The van der Waals surface area contributed by atoms with Gasteiger partial charge < -0.3 is 18.9 Å². The van der Waals surface area contributed by atoms with Gasteiger partial charge in [0.15, 0.2) is 5.79 Å². The van der Waals surface area contributed by atoms with E-state index in [2.05, 4.69) is 5.16 Å². The first-order chi connectivity index (χ1) is 13.1. The molecular formula is C20H24N2O4S. The summed E-state index contributed by atoms with van der Waals surface area (Å²) in [5.41, 5.74) is 2.75. The van der Waals surface area contributed by atoms with Gasteiger partial charge in [-0.3, -0.25) is 4.79 Å². The number of likely N-dealkylation sites (tertiary alicyclic amines) is 1. The van der Waals surface area contributed by atoms with Gasteiger partial charge in [-0.05, 0) is 26.0 Å². The summed E-state index contributed by atoms with van der Waals surface area (Å²) in [5, 5.41) is 4.01. The Hall–Kier alpha value is -1.83. The van der Waals surface area contributed by atoms with Gasteiger partial charge in [0, 0.05) is 42.1 Å². The van der Waals surface area contributed by atoms with Crippen LogP contribution in [0, 0.1) is 13.8 Å². The van der Waals surface area contributed by atoms with Gasteiger partial charge in [0.25, 0.3) is 5.91 Å². The molecule has 7 heteroatoms. The number of aryl methyl sites for hydroxylation is 2. The van der Waals surface area contributed by atoms with Crippen molar-refractivity contribution < 1.29 is 18.8 Å². The molecule has 0 aliphatic carbocycles. The minimum absolute atomic E-state index is 0.0738. The zero-order valence-corrected chi connectivity index (χ0v) is 16.5. The lowest BCUT2D eigenvalue weighted by molar-refractivity contribution is -0.181. The van der Waals surface area contributed by atoms with Gasteiger partial charge in [0.05, 0.1) is 24.5 Å². The van der Waals surface area contributed by atoms with Crippen LogP contribution in [0.1, 0.15) is 40.2 Å². The summed E-state index contributed by atoms with van der Waals surface area (Å²) in [6.07, 6.45) is 1.46. The molecule has 0 N–H and O–H groups in total. The fraction of sp³-hybridized carbons (Fsp3) is 0.500. The van der Waals surface area contributed by atoms with E-state index in [0.29, 0.717) is 26.3 Å². The number of rotatable bonds is 4. The predicted octanol–water partition coefficient (Wildman–Crippen LogP) is 3.56. The van der Waals surface area contributed by atoms with Gasteiger partial charge in [-0.25, -0.2) is 0 Å². The van der Waals surface area contributed by atoms with Crippen molar-refractivity contribution in [2.45, 2.75) is 43.1 Å². The van der Waals surface area contributed by atoms with Crippen LogP contribution in [0.25, 0.3) is 0 Å². The summed E-state index contributed by atoms with van der Waals surface area (Å²) in [4.78, 5) is 16.0. The van der Waals surface area contributed by atoms with Crippen molar-refractivity contribution in [2.24, 2.45) is 0 Å². The average molecular weight is 388 g/mol.